The summed E-state index contributed by atoms with van der Waals surface area (Å²) in [7, 11) is -4.21. The molecule has 0 N–H and O–H groups in total. The largest absolute Gasteiger partial charge is 0.377 e. The van der Waals surface area contributed by atoms with Crippen LogP contribution in [0, 0.1) is 21.4 Å². The maximum absolute atomic E-state index is 12.1. The highest BCUT2D eigenvalue weighted by molar-refractivity contribution is 7.87. The second kappa shape index (κ2) is 6.01. The van der Waals surface area contributed by atoms with E-state index >= 15 is 0 Å². The van der Waals surface area contributed by atoms with E-state index in [0.717, 1.165) is 24.3 Å². The fourth-order valence-corrected chi connectivity index (χ4v) is 2.81. The second-order valence-corrected chi connectivity index (χ2v) is 6.00. The highest BCUT2D eigenvalue weighted by atomic mass is 35.5. The fourth-order valence-electron chi connectivity index (χ4n) is 1.56. The fraction of sp³-hybridized carbons (Fsp3) is 0. The third-order valence-electron chi connectivity index (χ3n) is 2.58. The van der Waals surface area contributed by atoms with Gasteiger partial charge in [0.05, 0.1) is 21.6 Å². The molecule has 112 valence electrons. The molecule has 0 heterocycles. The average molecular weight is 339 g/mol. The van der Waals surface area contributed by atoms with Crippen molar-refractivity contribution in [2.75, 3.05) is 0 Å². The molecule has 2 rings (SSSR count). The molecule has 0 saturated carbocycles. The summed E-state index contributed by atoms with van der Waals surface area (Å²) < 4.78 is 29.1. The summed E-state index contributed by atoms with van der Waals surface area (Å²) in [6.45, 7) is 0. The van der Waals surface area contributed by atoms with E-state index in [1.54, 1.807) is 0 Å². The molecule has 0 aliphatic heterocycles. The van der Waals surface area contributed by atoms with Gasteiger partial charge in [0.1, 0.15) is 4.90 Å². The van der Waals surface area contributed by atoms with Crippen LogP contribution in [0.3, 0.4) is 0 Å². The van der Waals surface area contributed by atoms with E-state index in [9.17, 15) is 18.5 Å². The van der Waals surface area contributed by atoms with E-state index < -0.39 is 15.0 Å². The van der Waals surface area contributed by atoms with Crippen LogP contribution in [0.4, 0.5) is 5.69 Å². The molecule has 22 heavy (non-hydrogen) atoms. The molecule has 0 saturated heterocycles. The third kappa shape index (κ3) is 3.33. The normalized spacial score (nSPS) is 10.7. The molecule has 0 aliphatic rings. The number of nitro benzene ring substituents is 1. The Hall–Kier alpha value is -2.63. The van der Waals surface area contributed by atoms with Crippen molar-refractivity contribution in [2.24, 2.45) is 0 Å². The molecule has 0 aliphatic carbocycles. The standard InChI is InChI=1S/C13H7ClN2O5S/c14-12-7-10(16(17)18)4-5-13(12)21-22(19,20)11-3-1-2-9(6-11)8-15/h1-7H. The van der Waals surface area contributed by atoms with Gasteiger partial charge in [-0.05, 0) is 24.3 Å². The molecule has 0 radical (unpaired) electrons. The van der Waals surface area contributed by atoms with E-state index in [-0.39, 0.29) is 26.9 Å². The Balaban J connectivity index is 2.37. The lowest BCUT2D eigenvalue weighted by molar-refractivity contribution is -0.384. The number of nitrogens with zero attached hydrogens (tertiary/aromatic N) is 2. The summed E-state index contributed by atoms with van der Waals surface area (Å²) in [6.07, 6.45) is 0. The van der Waals surface area contributed by atoms with Crippen molar-refractivity contribution >= 4 is 27.4 Å². The molecule has 2 aromatic rings. The molecule has 9 heteroatoms. The van der Waals surface area contributed by atoms with Gasteiger partial charge < -0.3 is 4.18 Å². The first-order valence-corrected chi connectivity index (χ1v) is 7.51. The van der Waals surface area contributed by atoms with Crippen LogP contribution in [0.1, 0.15) is 5.56 Å². The maximum atomic E-state index is 12.1. The van der Waals surface area contributed by atoms with E-state index in [0.29, 0.717) is 0 Å². The van der Waals surface area contributed by atoms with Crippen molar-refractivity contribution in [3.05, 3.63) is 63.2 Å². The Morgan fingerprint density at radius 1 is 1.23 bits per heavy atom. The minimum absolute atomic E-state index is 0.152. The van der Waals surface area contributed by atoms with Crippen molar-refractivity contribution in [1.29, 1.82) is 5.26 Å². The SMILES string of the molecule is N#Cc1cccc(S(=O)(=O)Oc2ccc([N+](=O)[O-])cc2Cl)c1. The molecule has 0 bridgehead atoms. The van der Waals surface area contributed by atoms with Gasteiger partial charge in [-0.15, -0.1) is 0 Å². The van der Waals surface area contributed by atoms with Crippen molar-refractivity contribution in [1.82, 2.24) is 0 Å². The summed E-state index contributed by atoms with van der Waals surface area (Å²) in [4.78, 5) is 9.71. The smallest absolute Gasteiger partial charge is 0.339 e. The van der Waals surface area contributed by atoms with Crippen LogP contribution in [-0.2, 0) is 10.1 Å². The highest BCUT2D eigenvalue weighted by Gasteiger charge is 2.20. The van der Waals surface area contributed by atoms with Crippen LogP contribution < -0.4 is 4.18 Å². The summed E-state index contributed by atoms with van der Waals surface area (Å²) in [5.41, 5.74) is -0.138. The monoisotopic (exact) mass is 338 g/mol. The number of nitriles is 1. The van der Waals surface area contributed by atoms with Crippen molar-refractivity contribution in [3.63, 3.8) is 0 Å². The predicted octanol–water partition coefficient (Wildman–Crippen LogP) is 2.89. The van der Waals surface area contributed by atoms with E-state index in [1.807, 2.05) is 6.07 Å². The quantitative estimate of drug-likeness (QED) is 0.481. The van der Waals surface area contributed by atoms with Crippen molar-refractivity contribution in [2.45, 2.75) is 4.90 Å². The Morgan fingerprint density at radius 3 is 2.55 bits per heavy atom. The summed E-state index contributed by atoms with van der Waals surface area (Å²) in [6, 6.07) is 10.2. The van der Waals surface area contributed by atoms with E-state index in [2.05, 4.69) is 0 Å². The molecule has 2 aromatic carbocycles. The molecule has 0 amide bonds. The summed E-state index contributed by atoms with van der Waals surface area (Å²) in [5.74, 6) is -0.241. The first-order chi connectivity index (χ1) is 10.3. The summed E-state index contributed by atoms with van der Waals surface area (Å²) in [5, 5.41) is 19.2. The third-order valence-corrected chi connectivity index (χ3v) is 4.10. The minimum Gasteiger partial charge on any atom is -0.377 e. The van der Waals surface area contributed by atoms with Gasteiger partial charge in [0.15, 0.2) is 5.75 Å². The van der Waals surface area contributed by atoms with Crippen LogP contribution in [0.5, 0.6) is 5.75 Å². The number of rotatable bonds is 4. The Morgan fingerprint density at radius 2 is 1.95 bits per heavy atom. The van der Waals surface area contributed by atoms with Gasteiger partial charge in [-0.2, -0.15) is 13.7 Å². The topological polar surface area (TPSA) is 110 Å². The van der Waals surface area contributed by atoms with Gasteiger partial charge >= 0.3 is 10.1 Å². The zero-order chi connectivity index (χ0) is 16.3. The summed E-state index contributed by atoms with van der Waals surface area (Å²) >= 11 is 5.78. The Labute approximate surface area is 130 Å². The number of nitro groups is 1. The van der Waals surface area contributed by atoms with Gasteiger partial charge in [-0.25, -0.2) is 0 Å². The molecule has 0 atom stereocenters. The molecule has 0 unspecified atom stereocenters. The number of halogens is 1. The molecule has 7 nitrogen and oxygen atoms in total. The van der Waals surface area contributed by atoms with Crippen molar-refractivity contribution in [3.8, 4) is 11.8 Å². The highest BCUT2D eigenvalue weighted by Crippen LogP contribution is 2.31. The van der Waals surface area contributed by atoms with E-state index in [4.69, 9.17) is 21.0 Å². The number of hydrogen-bond acceptors (Lipinski definition) is 6. The molecule has 0 aromatic heterocycles. The second-order valence-electron chi connectivity index (χ2n) is 4.05. The lowest BCUT2D eigenvalue weighted by Gasteiger charge is -2.08. The molecular weight excluding hydrogens is 332 g/mol. The molecule has 0 spiro atoms. The molecular formula is C13H7ClN2O5S. The molecule has 0 fully saturated rings. The van der Waals surface area contributed by atoms with Crippen molar-refractivity contribution < 1.29 is 17.5 Å². The minimum atomic E-state index is -4.21. The number of hydrogen-bond donors (Lipinski definition) is 0. The number of non-ortho nitro benzene ring substituents is 1. The first kappa shape index (κ1) is 15.8. The Bertz CT molecular complexity index is 890. The lowest BCUT2D eigenvalue weighted by atomic mass is 10.2. The zero-order valence-electron chi connectivity index (χ0n) is 10.8. The van der Waals surface area contributed by atoms with Gasteiger partial charge in [0, 0.05) is 12.1 Å². The predicted molar refractivity (Wildman–Crippen MR) is 77.1 cm³/mol. The van der Waals surface area contributed by atoms with Gasteiger partial charge in [-0.3, -0.25) is 10.1 Å². The zero-order valence-corrected chi connectivity index (χ0v) is 12.3. The first-order valence-electron chi connectivity index (χ1n) is 5.72. The van der Waals surface area contributed by atoms with Crippen LogP contribution in [0.2, 0.25) is 5.02 Å². The van der Waals surface area contributed by atoms with E-state index in [1.165, 1.54) is 18.2 Å². The number of benzene rings is 2. The van der Waals surface area contributed by atoms with Crippen LogP contribution in [-0.4, -0.2) is 13.3 Å². The Kier molecular flexibility index (Phi) is 4.30. The van der Waals surface area contributed by atoms with Crippen LogP contribution >= 0.6 is 11.6 Å². The van der Waals surface area contributed by atoms with Crippen LogP contribution in [0.15, 0.2) is 47.4 Å². The van der Waals surface area contributed by atoms with Gasteiger partial charge in [0.2, 0.25) is 0 Å². The maximum Gasteiger partial charge on any atom is 0.339 e. The van der Waals surface area contributed by atoms with Gasteiger partial charge in [0.25, 0.3) is 5.69 Å². The lowest BCUT2D eigenvalue weighted by Crippen LogP contribution is -2.10. The average Bonchev–Trinajstić information content (AvgIpc) is 2.49. The van der Waals surface area contributed by atoms with Crippen LogP contribution in [0.25, 0.3) is 0 Å². The van der Waals surface area contributed by atoms with Gasteiger partial charge in [-0.1, -0.05) is 17.7 Å².